The number of benzene rings is 2. The van der Waals surface area contributed by atoms with Gasteiger partial charge in [0, 0.05) is 57.3 Å². The Morgan fingerprint density at radius 1 is 0.925 bits per heavy atom. The van der Waals surface area contributed by atoms with E-state index in [2.05, 4.69) is 52.5 Å². The van der Waals surface area contributed by atoms with Crippen LogP contribution in [-0.4, -0.2) is 80.3 Å². The highest BCUT2D eigenvalue weighted by Crippen LogP contribution is 2.39. The van der Waals surface area contributed by atoms with Gasteiger partial charge < -0.3 is 10.2 Å². The van der Waals surface area contributed by atoms with Crippen LogP contribution in [0, 0.1) is 5.92 Å². The summed E-state index contributed by atoms with van der Waals surface area (Å²) in [5.41, 5.74) is 1.39. The molecule has 2 unspecified atom stereocenters. The lowest BCUT2D eigenvalue weighted by molar-refractivity contribution is -0.122. The summed E-state index contributed by atoms with van der Waals surface area (Å²) >= 11 is 12.1. The number of nitrogens with one attached hydrogen (secondary N) is 1. The number of likely N-dealkylation sites (N-methyl/N-ethyl adjacent to an activating group) is 1. The molecule has 5 rings (SSSR count). The van der Waals surface area contributed by atoms with Crippen LogP contribution < -0.4 is 5.32 Å². The van der Waals surface area contributed by atoms with Crippen LogP contribution in [0.1, 0.15) is 56.6 Å². The smallest absolute Gasteiger partial charge is 0.243 e. The van der Waals surface area contributed by atoms with Gasteiger partial charge >= 0.3 is 0 Å². The summed E-state index contributed by atoms with van der Waals surface area (Å²) in [6, 6.07) is 15.4. The molecule has 1 aliphatic carbocycles. The van der Waals surface area contributed by atoms with E-state index in [4.69, 9.17) is 23.2 Å². The van der Waals surface area contributed by atoms with Crippen LogP contribution in [-0.2, 0) is 14.8 Å². The van der Waals surface area contributed by atoms with Gasteiger partial charge in [-0.2, -0.15) is 4.31 Å². The van der Waals surface area contributed by atoms with E-state index in [0.29, 0.717) is 29.9 Å². The van der Waals surface area contributed by atoms with Gasteiger partial charge in [0.15, 0.2) is 0 Å². The predicted molar refractivity (Wildman–Crippen MR) is 160 cm³/mol. The van der Waals surface area contributed by atoms with Crippen molar-refractivity contribution in [3.05, 3.63) is 64.1 Å². The molecule has 3 aliphatic rings. The highest BCUT2D eigenvalue weighted by molar-refractivity contribution is 7.89. The van der Waals surface area contributed by atoms with E-state index in [1.807, 2.05) is 0 Å². The first-order valence-corrected chi connectivity index (χ1v) is 16.7. The molecule has 2 heterocycles. The van der Waals surface area contributed by atoms with Gasteiger partial charge in [0.1, 0.15) is 0 Å². The molecule has 1 saturated carbocycles. The maximum Gasteiger partial charge on any atom is 0.243 e. The van der Waals surface area contributed by atoms with E-state index in [1.165, 1.54) is 28.1 Å². The van der Waals surface area contributed by atoms with E-state index in [9.17, 15) is 13.2 Å². The van der Waals surface area contributed by atoms with E-state index in [-0.39, 0.29) is 34.3 Å². The average molecular weight is 608 g/mol. The van der Waals surface area contributed by atoms with Crippen molar-refractivity contribution >= 4 is 39.1 Å². The first-order valence-electron chi connectivity index (χ1n) is 14.5. The highest BCUT2D eigenvalue weighted by Gasteiger charge is 2.38. The minimum Gasteiger partial charge on any atom is -0.353 e. The Morgan fingerprint density at radius 3 is 2.30 bits per heavy atom. The minimum absolute atomic E-state index is 0.0663. The average Bonchev–Trinajstić information content (AvgIpc) is 3.42. The van der Waals surface area contributed by atoms with Crippen LogP contribution in [0.3, 0.4) is 0 Å². The van der Waals surface area contributed by atoms with Crippen molar-refractivity contribution in [3.8, 4) is 0 Å². The quantitative estimate of drug-likeness (QED) is 0.447. The number of carbonyl (C=O) groups excluding carboxylic acids is 1. The van der Waals surface area contributed by atoms with Crippen LogP contribution >= 0.6 is 23.2 Å². The molecule has 40 heavy (non-hydrogen) atoms. The Balaban J connectivity index is 1.17. The second-order valence-electron chi connectivity index (χ2n) is 11.6. The predicted octanol–water partition coefficient (Wildman–Crippen LogP) is 5.20. The van der Waals surface area contributed by atoms with Gasteiger partial charge in [-0.15, -0.1) is 0 Å². The number of amides is 1. The Hall–Kier alpha value is -1.68. The maximum absolute atomic E-state index is 13.3. The highest BCUT2D eigenvalue weighted by atomic mass is 35.5. The van der Waals surface area contributed by atoms with Gasteiger partial charge in [0.05, 0.1) is 14.9 Å². The molecule has 3 fully saturated rings. The summed E-state index contributed by atoms with van der Waals surface area (Å²) < 4.78 is 28.1. The van der Waals surface area contributed by atoms with E-state index >= 15 is 0 Å². The summed E-state index contributed by atoms with van der Waals surface area (Å²) in [5, 5.41) is 3.75. The molecule has 218 valence electrons. The van der Waals surface area contributed by atoms with Crippen molar-refractivity contribution in [2.45, 2.75) is 68.0 Å². The third-order valence-corrected chi connectivity index (χ3v) is 11.6. The number of hydrogen-bond acceptors (Lipinski definition) is 5. The zero-order chi connectivity index (χ0) is 28.3. The molecule has 1 amide bonds. The zero-order valence-electron chi connectivity index (χ0n) is 23.1. The molecule has 2 aliphatic heterocycles. The van der Waals surface area contributed by atoms with Crippen LogP contribution in [0.25, 0.3) is 0 Å². The third-order valence-electron chi connectivity index (χ3n) is 8.90. The van der Waals surface area contributed by atoms with Crippen molar-refractivity contribution in [2.75, 3.05) is 39.8 Å². The Morgan fingerprint density at radius 2 is 1.62 bits per heavy atom. The molecule has 1 N–H and O–H groups in total. The molecule has 0 aromatic heterocycles. The largest absolute Gasteiger partial charge is 0.353 e. The van der Waals surface area contributed by atoms with Crippen molar-refractivity contribution in [1.82, 2.24) is 19.4 Å². The molecule has 2 saturated heterocycles. The molecule has 0 spiro atoms. The topological polar surface area (TPSA) is 73.0 Å². The summed E-state index contributed by atoms with van der Waals surface area (Å²) in [7, 11) is -1.57. The van der Waals surface area contributed by atoms with Crippen molar-refractivity contribution < 1.29 is 13.2 Å². The summed E-state index contributed by atoms with van der Waals surface area (Å²) in [6.07, 6.45) is 5.61. The van der Waals surface area contributed by atoms with Crippen molar-refractivity contribution in [2.24, 2.45) is 5.92 Å². The van der Waals surface area contributed by atoms with Gasteiger partial charge in [0.2, 0.25) is 15.9 Å². The Kier molecular flexibility index (Phi) is 9.75. The number of carbonyl (C=O) groups is 1. The fraction of sp³-hybridized carbons (Fsp3) is 0.567. The zero-order valence-corrected chi connectivity index (χ0v) is 25.5. The minimum atomic E-state index is -3.76. The SMILES string of the molecule is CN1CCN(C(c2ccccc2)C2CCC(NC(=O)CC3CCCN3S(=O)(=O)c3ccc(Cl)c(Cl)c3)CC2)CC1. The van der Waals surface area contributed by atoms with E-state index in [0.717, 1.165) is 58.3 Å². The molecule has 2 aromatic carbocycles. The molecular weight excluding hydrogens is 567 g/mol. The standard InChI is InChI=1S/C30H40Cl2N4O3S/c1-34-16-18-35(19-17-34)30(22-6-3-2-4-7-22)23-9-11-24(12-10-23)33-29(37)20-25-8-5-15-36(25)40(38,39)26-13-14-27(31)28(32)21-26/h2-4,6-7,13-14,21,23-25,30H,5,8-12,15-20H2,1H3,(H,33,37). The van der Waals surface area contributed by atoms with Gasteiger partial charge in [0.25, 0.3) is 0 Å². The fourth-order valence-electron chi connectivity index (χ4n) is 6.71. The van der Waals surface area contributed by atoms with Gasteiger partial charge in [-0.1, -0.05) is 53.5 Å². The number of halogens is 2. The molecule has 2 aromatic rings. The first kappa shape index (κ1) is 29.8. The van der Waals surface area contributed by atoms with E-state index in [1.54, 1.807) is 0 Å². The molecule has 0 radical (unpaired) electrons. The monoisotopic (exact) mass is 606 g/mol. The first-order chi connectivity index (χ1) is 19.2. The van der Waals surface area contributed by atoms with E-state index < -0.39 is 10.0 Å². The summed E-state index contributed by atoms with van der Waals surface area (Å²) in [4.78, 5) is 18.3. The third kappa shape index (κ3) is 6.85. The number of sulfonamides is 1. The van der Waals surface area contributed by atoms with Gasteiger partial charge in [-0.3, -0.25) is 9.69 Å². The number of hydrogen-bond donors (Lipinski definition) is 1. The lowest BCUT2D eigenvalue weighted by atomic mass is 9.78. The molecular formula is C30H40Cl2N4O3S. The van der Waals surface area contributed by atoms with Crippen LogP contribution in [0.4, 0.5) is 0 Å². The maximum atomic E-state index is 13.3. The second kappa shape index (κ2) is 13.1. The fourth-order valence-corrected chi connectivity index (χ4v) is 8.80. The summed E-state index contributed by atoms with van der Waals surface area (Å²) in [6.45, 7) is 4.74. The van der Waals surface area contributed by atoms with Crippen LogP contribution in [0.2, 0.25) is 10.0 Å². The van der Waals surface area contributed by atoms with Crippen LogP contribution in [0.15, 0.2) is 53.4 Å². The Bertz CT molecular complexity index is 1260. The molecule has 2 atom stereocenters. The normalized spacial score (nSPS) is 26.0. The molecule has 0 bridgehead atoms. The lowest BCUT2D eigenvalue weighted by Crippen LogP contribution is -2.48. The number of nitrogens with zero attached hydrogens (tertiary/aromatic N) is 3. The molecule has 10 heteroatoms. The lowest BCUT2D eigenvalue weighted by Gasteiger charge is -2.44. The van der Waals surface area contributed by atoms with Crippen molar-refractivity contribution in [1.29, 1.82) is 0 Å². The van der Waals surface area contributed by atoms with Crippen LogP contribution in [0.5, 0.6) is 0 Å². The van der Waals surface area contributed by atoms with Gasteiger partial charge in [-0.05, 0) is 75.3 Å². The summed E-state index contributed by atoms with van der Waals surface area (Å²) in [5.74, 6) is 0.490. The van der Waals surface area contributed by atoms with Crippen molar-refractivity contribution in [3.63, 3.8) is 0 Å². The Labute approximate surface area is 248 Å². The number of rotatable bonds is 8. The molecule has 7 nitrogen and oxygen atoms in total. The number of piperazine rings is 1. The second-order valence-corrected chi connectivity index (χ2v) is 14.3. The van der Waals surface area contributed by atoms with Gasteiger partial charge in [-0.25, -0.2) is 8.42 Å².